The SMILES string of the molecule is Cc1cc(C(N)c2ccc(C3CCC3)cc2)co1. The Morgan fingerprint density at radius 2 is 1.89 bits per heavy atom. The zero-order valence-corrected chi connectivity index (χ0v) is 10.7. The Kier molecular flexibility index (Phi) is 2.96. The Balaban J connectivity index is 1.79. The molecule has 1 heterocycles. The monoisotopic (exact) mass is 241 g/mol. The van der Waals surface area contributed by atoms with Crippen LogP contribution in [-0.4, -0.2) is 0 Å². The van der Waals surface area contributed by atoms with E-state index >= 15 is 0 Å². The van der Waals surface area contributed by atoms with Crippen molar-refractivity contribution in [3.05, 3.63) is 59.0 Å². The van der Waals surface area contributed by atoms with Crippen LogP contribution in [0.2, 0.25) is 0 Å². The first-order chi connectivity index (χ1) is 8.74. The van der Waals surface area contributed by atoms with Gasteiger partial charge in [-0.1, -0.05) is 30.7 Å². The smallest absolute Gasteiger partial charge is 0.101 e. The van der Waals surface area contributed by atoms with E-state index in [-0.39, 0.29) is 6.04 Å². The minimum Gasteiger partial charge on any atom is -0.469 e. The Morgan fingerprint density at radius 3 is 2.39 bits per heavy atom. The fraction of sp³-hybridized carbons (Fsp3) is 0.375. The van der Waals surface area contributed by atoms with Crippen LogP contribution in [0.15, 0.2) is 41.0 Å². The normalized spacial score (nSPS) is 17.4. The zero-order valence-electron chi connectivity index (χ0n) is 10.7. The second-order valence-corrected chi connectivity index (χ2v) is 5.26. The number of hydrogen-bond donors (Lipinski definition) is 1. The summed E-state index contributed by atoms with van der Waals surface area (Å²) in [6.07, 6.45) is 5.80. The van der Waals surface area contributed by atoms with Crippen LogP contribution in [0.3, 0.4) is 0 Å². The van der Waals surface area contributed by atoms with Crippen LogP contribution < -0.4 is 5.73 Å². The van der Waals surface area contributed by atoms with Crippen LogP contribution in [0, 0.1) is 6.92 Å². The highest BCUT2D eigenvalue weighted by Gasteiger charge is 2.19. The van der Waals surface area contributed by atoms with E-state index in [0.29, 0.717) is 0 Å². The average molecular weight is 241 g/mol. The number of hydrogen-bond acceptors (Lipinski definition) is 2. The van der Waals surface area contributed by atoms with Gasteiger partial charge in [-0.15, -0.1) is 0 Å². The standard InChI is InChI=1S/C16H19NO/c1-11-9-15(10-18-11)16(17)14-7-5-13(6-8-14)12-3-2-4-12/h5-10,12,16H,2-4,17H2,1H3. The van der Waals surface area contributed by atoms with Gasteiger partial charge in [0.15, 0.2) is 0 Å². The van der Waals surface area contributed by atoms with Gasteiger partial charge in [-0.3, -0.25) is 0 Å². The maximum atomic E-state index is 6.24. The van der Waals surface area contributed by atoms with Crippen LogP contribution in [0.1, 0.15) is 53.7 Å². The fourth-order valence-corrected chi connectivity index (χ4v) is 2.54. The van der Waals surface area contributed by atoms with Crippen molar-refractivity contribution in [1.29, 1.82) is 0 Å². The Bertz CT molecular complexity index is 522. The van der Waals surface area contributed by atoms with Gasteiger partial charge >= 0.3 is 0 Å². The van der Waals surface area contributed by atoms with Crippen LogP contribution in [0.25, 0.3) is 0 Å². The minimum absolute atomic E-state index is 0.0853. The van der Waals surface area contributed by atoms with Crippen molar-refractivity contribution in [3.63, 3.8) is 0 Å². The summed E-state index contributed by atoms with van der Waals surface area (Å²) in [5.41, 5.74) is 9.90. The molecule has 0 aliphatic heterocycles. The number of furan rings is 1. The topological polar surface area (TPSA) is 39.2 Å². The third-order valence-corrected chi connectivity index (χ3v) is 3.98. The Labute approximate surface area is 108 Å². The Morgan fingerprint density at radius 1 is 1.17 bits per heavy atom. The minimum atomic E-state index is -0.0853. The molecule has 2 aromatic rings. The first kappa shape index (κ1) is 11.5. The lowest BCUT2D eigenvalue weighted by Gasteiger charge is -2.26. The van der Waals surface area contributed by atoms with Gasteiger partial charge in [-0.2, -0.15) is 0 Å². The van der Waals surface area contributed by atoms with Crippen LogP contribution in [0.5, 0.6) is 0 Å². The molecule has 18 heavy (non-hydrogen) atoms. The van der Waals surface area contributed by atoms with Gasteiger partial charge < -0.3 is 10.2 Å². The molecular formula is C16H19NO. The molecule has 1 aromatic carbocycles. The first-order valence-corrected chi connectivity index (χ1v) is 6.64. The molecule has 0 amide bonds. The van der Waals surface area contributed by atoms with E-state index in [0.717, 1.165) is 22.8 Å². The van der Waals surface area contributed by atoms with Crippen molar-refractivity contribution >= 4 is 0 Å². The second kappa shape index (κ2) is 4.62. The summed E-state index contributed by atoms with van der Waals surface area (Å²) in [6, 6.07) is 10.7. The summed E-state index contributed by atoms with van der Waals surface area (Å²) in [5.74, 6) is 1.69. The van der Waals surface area contributed by atoms with Crippen LogP contribution in [-0.2, 0) is 0 Å². The number of benzene rings is 1. The van der Waals surface area contributed by atoms with Gasteiger partial charge in [-0.05, 0) is 42.9 Å². The third-order valence-electron chi connectivity index (χ3n) is 3.98. The molecule has 94 valence electrons. The molecule has 2 nitrogen and oxygen atoms in total. The molecule has 1 atom stereocenters. The number of nitrogens with two attached hydrogens (primary N) is 1. The Hall–Kier alpha value is -1.54. The van der Waals surface area contributed by atoms with E-state index in [1.54, 1.807) is 6.26 Å². The van der Waals surface area contributed by atoms with Crippen LogP contribution >= 0.6 is 0 Å². The van der Waals surface area contributed by atoms with Crippen LogP contribution in [0.4, 0.5) is 0 Å². The van der Waals surface area contributed by atoms with Gasteiger partial charge in [0, 0.05) is 5.56 Å². The molecule has 1 unspecified atom stereocenters. The van der Waals surface area contributed by atoms with E-state index in [1.807, 2.05) is 13.0 Å². The molecule has 0 spiro atoms. The molecule has 0 bridgehead atoms. The first-order valence-electron chi connectivity index (χ1n) is 6.64. The molecule has 0 saturated heterocycles. The quantitative estimate of drug-likeness (QED) is 0.885. The summed E-state index contributed by atoms with van der Waals surface area (Å²) in [4.78, 5) is 0. The summed E-state index contributed by atoms with van der Waals surface area (Å²) in [5, 5.41) is 0. The van der Waals surface area contributed by atoms with Crippen molar-refractivity contribution in [2.45, 2.75) is 38.1 Å². The summed E-state index contributed by atoms with van der Waals surface area (Å²) < 4.78 is 5.32. The van der Waals surface area contributed by atoms with E-state index < -0.39 is 0 Å². The highest BCUT2D eigenvalue weighted by molar-refractivity contribution is 5.33. The van der Waals surface area contributed by atoms with Crippen molar-refractivity contribution < 1.29 is 4.42 Å². The zero-order chi connectivity index (χ0) is 12.5. The maximum Gasteiger partial charge on any atom is 0.101 e. The molecule has 1 aromatic heterocycles. The highest BCUT2D eigenvalue weighted by Crippen LogP contribution is 2.36. The lowest BCUT2D eigenvalue weighted by molar-refractivity contribution is 0.419. The molecular weight excluding hydrogens is 222 g/mol. The summed E-state index contributed by atoms with van der Waals surface area (Å²) in [6.45, 7) is 1.94. The van der Waals surface area contributed by atoms with Crippen molar-refractivity contribution in [2.75, 3.05) is 0 Å². The molecule has 1 aliphatic rings. The average Bonchev–Trinajstić information content (AvgIpc) is 2.74. The largest absolute Gasteiger partial charge is 0.469 e. The molecule has 0 radical (unpaired) electrons. The summed E-state index contributed by atoms with van der Waals surface area (Å²) in [7, 11) is 0. The molecule has 3 rings (SSSR count). The number of rotatable bonds is 3. The number of aryl methyl sites for hydroxylation is 1. The van der Waals surface area contributed by atoms with Crippen molar-refractivity contribution in [2.24, 2.45) is 5.73 Å². The highest BCUT2D eigenvalue weighted by atomic mass is 16.3. The molecule has 1 saturated carbocycles. The lowest BCUT2D eigenvalue weighted by Crippen LogP contribution is -2.12. The second-order valence-electron chi connectivity index (χ2n) is 5.26. The van der Waals surface area contributed by atoms with E-state index in [1.165, 1.54) is 24.8 Å². The van der Waals surface area contributed by atoms with Gasteiger partial charge in [0.1, 0.15) is 5.76 Å². The summed E-state index contributed by atoms with van der Waals surface area (Å²) >= 11 is 0. The molecule has 2 heteroatoms. The molecule has 1 aliphatic carbocycles. The third kappa shape index (κ3) is 2.08. The van der Waals surface area contributed by atoms with Crippen molar-refractivity contribution in [3.8, 4) is 0 Å². The van der Waals surface area contributed by atoms with Gasteiger partial charge in [0.25, 0.3) is 0 Å². The fourth-order valence-electron chi connectivity index (χ4n) is 2.54. The molecule has 1 fully saturated rings. The maximum absolute atomic E-state index is 6.24. The van der Waals surface area contributed by atoms with Gasteiger partial charge in [-0.25, -0.2) is 0 Å². The van der Waals surface area contributed by atoms with E-state index in [2.05, 4.69) is 24.3 Å². The predicted octanol–water partition coefficient (Wildman–Crippen LogP) is 3.90. The lowest BCUT2D eigenvalue weighted by atomic mass is 9.80. The van der Waals surface area contributed by atoms with Gasteiger partial charge in [0.05, 0.1) is 12.3 Å². The van der Waals surface area contributed by atoms with Crippen molar-refractivity contribution in [1.82, 2.24) is 0 Å². The predicted molar refractivity (Wildman–Crippen MR) is 72.5 cm³/mol. The van der Waals surface area contributed by atoms with E-state index in [4.69, 9.17) is 10.2 Å². The van der Waals surface area contributed by atoms with E-state index in [9.17, 15) is 0 Å². The molecule has 2 N–H and O–H groups in total. The van der Waals surface area contributed by atoms with Gasteiger partial charge in [0.2, 0.25) is 0 Å².